The average molecular weight is 236 g/mol. The second-order valence-electron chi connectivity index (χ2n) is 4.88. The molecule has 17 heavy (non-hydrogen) atoms. The molecule has 2 N–H and O–H groups in total. The number of hydrogen-bond acceptors (Lipinski definition) is 3. The molecule has 4 heteroatoms. The van der Waals surface area contributed by atoms with E-state index in [-0.39, 0.29) is 16.7 Å². The van der Waals surface area contributed by atoms with E-state index >= 15 is 0 Å². The molecular weight excluding hydrogens is 216 g/mol. The lowest BCUT2D eigenvalue weighted by Gasteiger charge is -2.13. The Morgan fingerprint density at radius 3 is 2.53 bits per heavy atom. The fourth-order valence-corrected chi connectivity index (χ4v) is 1.73. The van der Waals surface area contributed by atoms with Gasteiger partial charge < -0.3 is 5.73 Å². The first-order valence-electron chi connectivity index (χ1n) is 5.92. The summed E-state index contributed by atoms with van der Waals surface area (Å²) < 4.78 is 0. The van der Waals surface area contributed by atoms with Crippen LogP contribution in [0.25, 0.3) is 0 Å². The third-order valence-corrected chi connectivity index (χ3v) is 2.91. The van der Waals surface area contributed by atoms with E-state index in [1.54, 1.807) is 19.1 Å². The van der Waals surface area contributed by atoms with Crippen molar-refractivity contribution in [3.63, 3.8) is 0 Å². The topological polar surface area (TPSA) is 69.2 Å². The maximum Gasteiger partial charge on any atom is 0.272 e. The summed E-state index contributed by atoms with van der Waals surface area (Å²) in [6.45, 7) is 6.02. The van der Waals surface area contributed by atoms with Gasteiger partial charge in [0.2, 0.25) is 0 Å². The molecule has 0 aromatic heterocycles. The van der Waals surface area contributed by atoms with Crippen LogP contribution < -0.4 is 5.73 Å². The molecule has 94 valence electrons. The molecule has 0 saturated heterocycles. The van der Waals surface area contributed by atoms with E-state index in [4.69, 9.17) is 5.73 Å². The molecule has 0 radical (unpaired) electrons. The van der Waals surface area contributed by atoms with E-state index in [2.05, 4.69) is 13.8 Å². The van der Waals surface area contributed by atoms with Gasteiger partial charge >= 0.3 is 0 Å². The van der Waals surface area contributed by atoms with Gasteiger partial charge in [-0.1, -0.05) is 26.0 Å². The molecule has 0 aliphatic rings. The van der Waals surface area contributed by atoms with Gasteiger partial charge in [-0.25, -0.2) is 0 Å². The zero-order chi connectivity index (χ0) is 13.0. The molecule has 0 spiro atoms. The zero-order valence-corrected chi connectivity index (χ0v) is 10.6. The van der Waals surface area contributed by atoms with Crippen molar-refractivity contribution >= 4 is 5.69 Å². The third kappa shape index (κ3) is 3.82. The summed E-state index contributed by atoms with van der Waals surface area (Å²) >= 11 is 0. The van der Waals surface area contributed by atoms with Crippen LogP contribution in [0.15, 0.2) is 18.2 Å². The van der Waals surface area contributed by atoms with Crippen molar-refractivity contribution in [2.24, 2.45) is 11.7 Å². The van der Waals surface area contributed by atoms with Crippen LogP contribution in [-0.4, -0.2) is 4.92 Å². The molecule has 1 aromatic rings. The van der Waals surface area contributed by atoms with Gasteiger partial charge in [-0.2, -0.15) is 0 Å². The number of nitro groups is 1. The number of nitrogens with two attached hydrogens (primary N) is 1. The summed E-state index contributed by atoms with van der Waals surface area (Å²) in [7, 11) is 0. The van der Waals surface area contributed by atoms with E-state index in [1.165, 1.54) is 0 Å². The Bertz CT molecular complexity index is 402. The highest BCUT2D eigenvalue weighted by molar-refractivity contribution is 5.43. The Kier molecular flexibility index (Phi) is 4.63. The van der Waals surface area contributed by atoms with Gasteiger partial charge in [0.1, 0.15) is 0 Å². The predicted octanol–water partition coefficient (Wildman–Crippen LogP) is 3.34. The lowest BCUT2D eigenvalue weighted by molar-refractivity contribution is -0.385. The minimum absolute atomic E-state index is 0.114. The number of rotatable bonds is 5. The second-order valence-corrected chi connectivity index (χ2v) is 4.88. The first-order chi connectivity index (χ1) is 7.91. The Hall–Kier alpha value is -1.42. The minimum atomic E-state index is -0.353. The summed E-state index contributed by atoms with van der Waals surface area (Å²) in [5, 5.41) is 10.8. The van der Waals surface area contributed by atoms with Crippen LogP contribution >= 0.6 is 0 Å². The molecule has 1 aromatic carbocycles. The average Bonchev–Trinajstić information content (AvgIpc) is 2.26. The summed E-state index contributed by atoms with van der Waals surface area (Å²) in [6, 6.07) is 5.13. The molecule has 4 nitrogen and oxygen atoms in total. The van der Waals surface area contributed by atoms with Gasteiger partial charge in [-0.3, -0.25) is 10.1 Å². The molecule has 0 aliphatic heterocycles. The van der Waals surface area contributed by atoms with Gasteiger partial charge in [0.15, 0.2) is 0 Å². The molecule has 0 fully saturated rings. The second kappa shape index (κ2) is 5.77. The van der Waals surface area contributed by atoms with Gasteiger partial charge in [0, 0.05) is 17.7 Å². The molecule has 0 unspecified atom stereocenters. The SMILES string of the molecule is Cc1ccc([C@@H](N)CCC(C)C)cc1[N+](=O)[O-]. The van der Waals surface area contributed by atoms with Crippen molar-refractivity contribution in [3.05, 3.63) is 39.4 Å². The largest absolute Gasteiger partial charge is 0.324 e. The minimum Gasteiger partial charge on any atom is -0.324 e. The lowest BCUT2D eigenvalue weighted by atomic mass is 9.97. The van der Waals surface area contributed by atoms with Crippen molar-refractivity contribution in [1.29, 1.82) is 0 Å². The summed E-state index contributed by atoms with van der Waals surface area (Å²) in [6.07, 6.45) is 1.89. The van der Waals surface area contributed by atoms with Crippen molar-refractivity contribution in [3.8, 4) is 0 Å². The van der Waals surface area contributed by atoms with E-state index in [0.29, 0.717) is 11.5 Å². The fraction of sp³-hybridized carbons (Fsp3) is 0.538. The number of aryl methyl sites for hydroxylation is 1. The number of nitro benzene ring substituents is 1. The Balaban J connectivity index is 2.84. The number of nitrogens with zero attached hydrogens (tertiary/aromatic N) is 1. The molecule has 1 atom stereocenters. The molecular formula is C13H20N2O2. The van der Waals surface area contributed by atoms with Crippen LogP contribution in [0.4, 0.5) is 5.69 Å². The molecule has 1 rings (SSSR count). The van der Waals surface area contributed by atoms with Gasteiger partial charge in [-0.15, -0.1) is 0 Å². The maximum atomic E-state index is 10.8. The van der Waals surface area contributed by atoms with Crippen molar-refractivity contribution in [1.82, 2.24) is 0 Å². The van der Waals surface area contributed by atoms with Crippen LogP contribution in [0, 0.1) is 23.0 Å². The van der Waals surface area contributed by atoms with E-state index in [0.717, 1.165) is 18.4 Å². The van der Waals surface area contributed by atoms with E-state index < -0.39 is 0 Å². The summed E-state index contributed by atoms with van der Waals surface area (Å²) in [5.41, 5.74) is 7.72. The van der Waals surface area contributed by atoms with Crippen molar-refractivity contribution in [2.45, 2.75) is 39.7 Å². The highest BCUT2D eigenvalue weighted by atomic mass is 16.6. The van der Waals surface area contributed by atoms with E-state index in [1.807, 2.05) is 6.07 Å². The number of benzene rings is 1. The van der Waals surface area contributed by atoms with Crippen molar-refractivity contribution < 1.29 is 4.92 Å². The summed E-state index contributed by atoms with van der Waals surface area (Å²) in [5.74, 6) is 0.599. The molecule has 0 amide bonds. The van der Waals surface area contributed by atoms with Gasteiger partial charge in [0.05, 0.1) is 4.92 Å². The van der Waals surface area contributed by atoms with Crippen LogP contribution in [-0.2, 0) is 0 Å². The molecule has 0 heterocycles. The third-order valence-electron chi connectivity index (χ3n) is 2.91. The first-order valence-corrected chi connectivity index (χ1v) is 5.92. The van der Waals surface area contributed by atoms with Gasteiger partial charge in [0.25, 0.3) is 5.69 Å². The maximum absolute atomic E-state index is 10.8. The molecule has 0 saturated carbocycles. The number of hydrogen-bond donors (Lipinski definition) is 1. The van der Waals surface area contributed by atoms with E-state index in [9.17, 15) is 10.1 Å². The van der Waals surface area contributed by atoms with Crippen LogP contribution in [0.3, 0.4) is 0 Å². The van der Waals surface area contributed by atoms with Crippen LogP contribution in [0.1, 0.15) is 43.9 Å². The Labute approximate surface area is 102 Å². The smallest absolute Gasteiger partial charge is 0.272 e. The van der Waals surface area contributed by atoms with Crippen molar-refractivity contribution in [2.75, 3.05) is 0 Å². The first kappa shape index (κ1) is 13.6. The zero-order valence-electron chi connectivity index (χ0n) is 10.6. The standard InChI is InChI=1S/C13H20N2O2/c1-9(2)4-7-12(14)11-6-5-10(3)13(8-11)15(16)17/h5-6,8-9,12H,4,7,14H2,1-3H3/t12-/m0/s1. The van der Waals surface area contributed by atoms with Crippen LogP contribution in [0.5, 0.6) is 0 Å². The monoisotopic (exact) mass is 236 g/mol. The van der Waals surface area contributed by atoms with Gasteiger partial charge in [-0.05, 0) is 31.2 Å². The molecule has 0 aliphatic carbocycles. The van der Waals surface area contributed by atoms with Crippen LogP contribution in [0.2, 0.25) is 0 Å². The Morgan fingerprint density at radius 1 is 1.35 bits per heavy atom. The Morgan fingerprint density at radius 2 is 2.00 bits per heavy atom. The highest BCUT2D eigenvalue weighted by Crippen LogP contribution is 2.25. The normalized spacial score (nSPS) is 12.8. The quantitative estimate of drug-likeness (QED) is 0.629. The lowest BCUT2D eigenvalue weighted by Crippen LogP contribution is -2.11. The highest BCUT2D eigenvalue weighted by Gasteiger charge is 2.14. The summed E-state index contributed by atoms with van der Waals surface area (Å²) in [4.78, 5) is 10.5. The fourth-order valence-electron chi connectivity index (χ4n) is 1.73. The molecule has 0 bridgehead atoms. The predicted molar refractivity (Wildman–Crippen MR) is 68.8 cm³/mol.